The smallest absolute Gasteiger partial charge is 0.238 e. The summed E-state index contributed by atoms with van der Waals surface area (Å²) in [5.41, 5.74) is 0.728. The molecule has 1 fully saturated rings. The van der Waals surface area contributed by atoms with E-state index in [1.807, 2.05) is 0 Å². The van der Waals surface area contributed by atoms with Gasteiger partial charge in [0.15, 0.2) is 0 Å². The molecule has 134 valence electrons. The van der Waals surface area contributed by atoms with Gasteiger partial charge in [-0.15, -0.1) is 0 Å². The number of sulfonamides is 2. The highest BCUT2D eigenvalue weighted by atomic mass is 32.2. The number of nitrogens with zero attached hydrogens (tertiary/aromatic N) is 1. The number of hydrogen-bond donors (Lipinski definition) is 2. The van der Waals surface area contributed by atoms with Crippen LogP contribution in [0.15, 0.2) is 29.2 Å². The molecule has 0 spiro atoms. The first-order valence-corrected chi connectivity index (χ1v) is 10.8. The zero-order valence-electron chi connectivity index (χ0n) is 13.3. The zero-order valence-corrected chi connectivity index (χ0v) is 14.9. The fraction of sp³-hybridized carbons (Fsp3) is 0.500. The molecule has 24 heavy (non-hydrogen) atoms. The van der Waals surface area contributed by atoms with Crippen LogP contribution >= 0.6 is 0 Å². The van der Waals surface area contributed by atoms with Gasteiger partial charge in [0.25, 0.3) is 0 Å². The molecule has 1 unspecified atom stereocenters. The van der Waals surface area contributed by atoms with Crippen LogP contribution in [0.5, 0.6) is 0 Å². The topological polar surface area (TPSA) is 127 Å². The maximum absolute atomic E-state index is 12.2. The van der Waals surface area contributed by atoms with Gasteiger partial charge in [-0.25, -0.2) is 26.3 Å². The number of carbonyl (C=O) groups is 1. The molecule has 1 aromatic carbocycles. The van der Waals surface area contributed by atoms with Crippen LogP contribution in [0.2, 0.25) is 0 Å². The minimum atomic E-state index is -3.74. The standard InChI is InChI=1S/C14H21N3O5S2/c1-23(19,20)17-8-2-3-12(10-17)14(18)16-9-11-4-6-13(7-5-11)24(15,21)22/h4-7,12H,2-3,8-10H2,1H3,(H,16,18)(H2,15,21,22). The number of nitrogens with one attached hydrogen (secondary N) is 1. The van der Waals surface area contributed by atoms with Gasteiger partial charge in [0.2, 0.25) is 26.0 Å². The van der Waals surface area contributed by atoms with Crippen molar-refractivity contribution >= 4 is 26.0 Å². The fourth-order valence-corrected chi connectivity index (χ4v) is 4.02. The number of carbonyl (C=O) groups excluding carboxylic acids is 1. The summed E-state index contributed by atoms with van der Waals surface area (Å²) in [5.74, 6) is -0.587. The van der Waals surface area contributed by atoms with E-state index >= 15 is 0 Å². The average molecular weight is 375 g/mol. The number of piperidine rings is 1. The van der Waals surface area contributed by atoms with Crippen molar-refractivity contribution in [2.45, 2.75) is 24.3 Å². The summed E-state index contributed by atoms with van der Waals surface area (Å²) < 4.78 is 46.9. The molecule has 2 rings (SSSR count). The Morgan fingerprint density at radius 3 is 2.42 bits per heavy atom. The Hall–Kier alpha value is -1.49. The summed E-state index contributed by atoms with van der Waals surface area (Å²) in [6.07, 6.45) is 2.43. The van der Waals surface area contributed by atoms with Crippen LogP contribution in [0, 0.1) is 5.92 Å². The van der Waals surface area contributed by atoms with E-state index in [0.29, 0.717) is 19.4 Å². The van der Waals surface area contributed by atoms with Crippen molar-refractivity contribution in [1.29, 1.82) is 0 Å². The van der Waals surface area contributed by atoms with Gasteiger partial charge in [-0.1, -0.05) is 12.1 Å². The molecular weight excluding hydrogens is 354 g/mol. The SMILES string of the molecule is CS(=O)(=O)N1CCCC(C(=O)NCc2ccc(S(N)(=O)=O)cc2)C1. The predicted molar refractivity (Wildman–Crippen MR) is 88.8 cm³/mol. The number of amides is 1. The first kappa shape index (κ1) is 18.8. The summed E-state index contributed by atoms with van der Waals surface area (Å²) in [7, 11) is -7.03. The van der Waals surface area contributed by atoms with E-state index < -0.39 is 20.0 Å². The lowest BCUT2D eigenvalue weighted by Gasteiger charge is -2.30. The summed E-state index contributed by atoms with van der Waals surface area (Å²) in [4.78, 5) is 12.2. The summed E-state index contributed by atoms with van der Waals surface area (Å²) in [5, 5.41) is 7.78. The van der Waals surface area contributed by atoms with Crippen molar-refractivity contribution in [2.75, 3.05) is 19.3 Å². The van der Waals surface area contributed by atoms with E-state index in [2.05, 4.69) is 5.32 Å². The molecule has 1 saturated heterocycles. The quantitative estimate of drug-likeness (QED) is 0.725. The molecule has 1 aromatic rings. The molecule has 0 aliphatic carbocycles. The molecule has 1 aliphatic rings. The van der Waals surface area contributed by atoms with Crippen molar-refractivity contribution in [2.24, 2.45) is 11.1 Å². The second-order valence-corrected chi connectivity index (χ2v) is 9.41. The predicted octanol–water partition coefficient (Wildman–Crippen LogP) is -0.378. The van der Waals surface area contributed by atoms with E-state index in [4.69, 9.17) is 5.14 Å². The number of benzene rings is 1. The van der Waals surface area contributed by atoms with Gasteiger partial charge in [0, 0.05) is 19.6 Å². The van der Waals surface area contributed by atoms with Gasteiger partial charge in [-0.3, -0.25) is 4.79 Å². The summed E-state index contributed by atoms with van der Waals surface area (Å²) in [6, 6.07) is 5.90. The average Bonchev–Trinajstić information content (AvgIpc) is 2.51. The van der Waals surface area contributed by atoms with Gasteiger partial charge in [-0.05, 0) is 30.5 Å². The van der Waals surface area contributed by atoms with Crippen molar-refractivity contribution in [3.05, 3.63) is 29.8 Å². The molecule has 1 heterocycles. The molecule has 0 bridgehead atoms. The maximum atomic E-state index is 12.2. The molecule has 1 aliphatic heterocycles. The Morgan fingerprint density at radius 1 is 1.25 bits per heavy atom. The van der Waals surface area contributed by atoms with Gasteiger partial charge < -0.3 is 5.32 Å². The monoisotopic (exact) mass is 375 g/mol. The molecular formula is C14H21N3O5S2. The number of primary sulfonamides is 1. The van der Waals surface area contributed by atoms with Crippen LogP contribution in [-0.2, 0) is 31.4 Å². The molecule has 3 N–H and O–H groups in total. The Balaban J connectivity index is 1.93. The number of hydrogen-bond acceptors (Lipinski definition) is 5. The maximum Gasteiger partial charge on any atom is 0.238 e. The van der Waals surface area contributed by atoms with E-state index in [-0.39, 0.29) is 29.8 Å². The van der Waals surface area contributed by atoms with E-state index in [1.54, 1.807) is 12.1 Å². The van der Waals surface area contributed by atoms with Gasteiger partial charge in [0.05, 0.1) is 17.1 Å². The lowest BCUT2D eigenvalue weighted by Crippen LogP contribution is -2.44. The van der Waals surface area contributed by atoms with Crippen molar-refractivity contribution < 1.29 is 21.6 Å². The second-order valence-electron chi connectivity index (χ2n) is 5.87. The zero-order chi connectivity index (χ0) is 18.0. The van der Waals surface area contributed by atoms with Crippen LogP contribution in [0.25, 0.3) is 0 Å². The Kier molecular flexibility index (Phi) is 5.63. The third-order valence-corrected chi connectivity index (χ3v) is 6.14. The van der Waals surface area contributed by atoms with E-state index in [0.717, 1.165) is 11.8 Å². The Labute approximate surface area is 142 Å². The summed E-state index contributed by atoms with van der Waals surface area (Å²) >= 11 is 0. The van der Waals surface area contributed by atoms with E-state index in [1.165, 1.54) is 16.4 Å². The Morgan fingerprint density at radius 2 is 1.88 bits per heavy atom. The molecule has 0 radical (unpaired) electrons. The first-order chi connectivity index (χ1) is 11.1. The Bertz CT molecular complexity index is 803. The van der Waals surface area contributed by atoms with Crippen LogP contribution in [0.4, 0.5) is 0 Å². The highest BCUT2D eigenvalue weighted by Gasteiger charge is 2.29. The third-order valence-electron chi connectivity index (χ3n) is 3.94. The van der Waals surface area contributed by atoms with Crippen LogP contribution < -0.4 is 10.5 Å². The molecule has 1 amide bonds. The lowest BCUT2D eigenvalue weighted by molar-refractivity contribution is -0.126. The normalized spacial score (nSPS) is 19.8. The van der Waals surface area contributed by atoms with Crippen molar-refractivity contribution in [3.8, 4) is 0 Å². The van der Waals surface area contributed by atoms with Crippen LogP contribution in [0.3, 0.4) is 0 Å². The second kappa shape index (κ2) is 7.18. The summed E-state index contributed by atoms with van der Waals surface area (Å²) in [6.45, 7) is 0.867. The van der Waals surface area contributed by atoms with E-state index in [9.17, 15) is 21.6 Å². The van der Waals surface area contributed by atoms with Gasteiger partial charge in [-0.2, -0.15) is 0 Å². The number of nitrogens with two attached hydrogens (primary N) is 1. The molecule has 0 saturated carbocycles. The lowest BCUT2D eigenvalue weighted by atomic mass is 9.99. The van der Waals surface area contributed by atoms with Crippen LogP contribution in [0.1, 0.15) is 18.4 Å². The van der Waals surface area contributed by atoms with Gasteiger partial charge in [0.1, 0.15) is 0 Å². The minimum absolute atomic E-state index is 0.00801. The van der Waals surface area contributed by atoms with Crippen molar-refractivity contribution in [3.63, 3.8) is 0 Å². The highest BCUT2D eigenvalue weighted by molar-refractivity contribution is 7.89. The van der Waals surface area contributed by atoms with Crippen LogP contribution in [-0.4, -0.2) is 46.4 Å². The molecule has 8 nitrogen and oxygen atoms in total. The van der Waals surface area contributed by atoms with Crippen molar-refractivity contribution in [1.82, 2.24) is 9.62 Å². The highest BCUT2D eigenvalue weighted by Crippen LogP contribution is 2.19. The number of rotatable bonds is 5. The van der Waals surface area contributed by atoms with Gasteiger partial charge >= 0.3 is 0 Å². The fourth-order valence-electron chi connectivity index (χ4n) is 2.59. The largest absolute Gasteiger partial charge is 0.352 e. The molecule has 10 heteroatoms. The molecule has 1 atom stereocenters. The molecule has 0 aromatic heterocycles. The third kappa shape index (κ3) is 5.00. The minimum Gasteiger partial charge on any atom is -0.352 e. The first-order valence-electron chi connectivity index (χ1n) is 7.42.